The summed E-state index contributed by atoms with van der Waals surface area (Å²) in [7, 11) is 3.77. The molecule has 0 aromatic carbocycles. The first-order valence-electron chi connectivity index (χ1n) is 5.31. The summed E-state index contributed by atoms with van der Waals surface area (Å²) in [5.41, 5.74) is 0.332. The molecule has 0 aromatic heterocycles. The Hall–Kier alpha value is -1.56. The molecule has 0 aliphatic rings. The first-order valence-corrected chi connectivity index (χ1v) is 5.31. The fourth-order valence-electron chi connectivity index (χ4n) is 0.792. The molecule has 0 radical (unpaired) electrons. The Morgan fingerprint density at radius 2 is 1.88 bits per heavy atom. The van der Waals surface area contributed by atoms with Gasteiger partial charge in [0.2, 0.25) is 0 Å². The van der Waals surface area contributed by atoms with Gasteiger partial charge in [-0.15, -0.1) is 0 Å². The molecule has 0 spiro atoms. The molecule has 17 heavy (non-hydrogen) atoms. The number of carbonyl (C=O) groups excluding carboxylic acids is 2. The molecule has 6 heteroatoms. The van der Waals surface area contributed by atoms with Crippen molar-refractivity contribution < 1.29 is 19.1 Å². The predicted molar refractivity (Wildman–Crippen MR) is 63.7 cm³/mol. The van der Waals surface area contributed by atoms with E-state index in [0.717, 1.165) is 0 Å². The molecule has 1 amide bonds. The van der Waals surface area contributed by atoms with Gasteiger partial charge in [-0.25, -0.2) is 9.59 Å². The van der Waals surface area contributed by atoms with Gasteiger partial charge in [-0.2, -0.15) is 0 Å². The molecule has 1 N–H and O–H groups in total. The Morgan fingerprint density at radius 3 is 2.41 bits per heavy atom. The van der Waals surface area contributed by atoms with Gasteiger partial charge in [-0.3, -0.25) is 0 Å². The zero-order chi connectivity index (χ0) is 13.3. The van der Waals surface area contributed by atoms with Crippen LogP contribution >= 0.6 is 0 Å². The van der Waals surface area contributed by atoms with E-state index in [4.69, 9.17) is 9.47 Å². The van der Waals surface area contributed by atoms with Gasteiger partial charge >= 0.3 is 12.1 Å². The minimum absolute atomic E-state index is 0.106. The number of nitrogens with zero attached hydrogens (tertiary/aromatic N) is 1. The van der Waals surface area contributed by atoms with Crippen LogP contribution in [0, 0.1) is 0 Å². The number of likely N-dealkylation sites (N-methyl/N-ethyl adjacent to an activating group) is 1. The van der Waals surface area contributed by atoms with Crippen molar-refractivity contribution >= 4 is 12.1 Å². The Morgan fingerprint density at radius 1 is 1.24 bits per heavy atom. The van der Waals surface area contributed by atoms with Crippen LogP contribution in [-0.4, -0.2) is 57.4 Å². The smallest absolute Gasteiger partial charge is 0.407 e. The lowest BCUT2D eigenvalue weighted by Gasteiger charge is -2.10. The fraction of sp³-hybridized carbons (Fsp3) is 0.636. The number of rotatable bonds is 7. The second kappa shape index (κ2) is 8.58. The summed E-state index contributed by atoms with van der Waals surface area (Å²) in [6.45, 7) is 6.31. The molecular formula is C11H20N2O4. The Bertz CT molecular complexity index is 277. The highest BCUT2D eigenvalue weighted by molar-refractivity contribution is 5.86. The number of hydrogen-bond acceptors (Lipinski definition) is 5. The Balaban J connectivity index is 3.45. The van der Waals surface area contributed by atoms with Crippen molar-refractivity contribution in [1.29, 1.82) is 0 Å². The van der Waals surface area contributed by atoms with E-state index >= 15 is 0 Å². The monoisotopic (exact) mass is 244 g/mol. The van der Waals surface area contributed by atoms with E-state index < -0.39 is 12.1 Å². The highest BCUT2D eigenvalue weighted by Gasteiger charge is 2.04. The molecule has 98 valence electrons. The van der Waals surface area contributed by atoms with E-state index in [1.54, 1.807) is 6.92 Å². The molecule has 0 bridgehead atoms. The summed E-state index contributed by atoms with van der Waals surface area (Å²) in [5.74, 6) is -0.465. The molecule has 6 nitrogen and oxygen atoms in total. The van der Waals surface area contributed by atoms with E-state index in [0.29, 0.717) is 18.7 Å². The molecule has 0 aliphatic carbocycles. The van der Waals surface area contributed by atoms with Crippen LogP contribution < -0.4 is 5.32 Å². The van der Waals surface area contributed by atoms with Gasteiger partial charge < -0.3 is 19.7 Å². The molecule has 0 fully saturated rings. The van der Waals surface area contributed by atoms with Crippen LogP contribution in [0.5, 0.6) is 0 Å². The third-order valence-corrected chi connectivity index (χ3v) is 1.72. The average Bonchev–Trinajstić information content (AvgIpc) is 2.23. The van der Waals surface area contributed by atoms with Gasteiger partial charge in [0.25, 0.3) is 0 Å². The van der Waals surface area contributed by atoms with Gasteiger partial charge in [0.15, 0.2) is 0 Å². The first kappa shape index (κ1) is 15.4. The van der Waals surface area contributed by atoms with Crippen molar-refractivity contribution in [1.82, 2.24) is 10.2 Å². The average molecular weight is 244 g/mol. The SMILES string of the molecule is C=C(C)C(=O)OCCNC(=O)OCCN(C)C. The van der Waals surface area contributed by atoms with Crippen LogP contribution in [0.1, 0.15) is 6.92 Å². The minimum Gasteiger partial charge on any atom is -0.460 e. The van der Waals surface area contributed by atoms with E-state index in [-0.39, 0.29) is 13.2 Å². The molecular weight excluding hydrogens is 224 g/mol. The topological polar surface area (TPSA) is 67.9 Å². The third kappa shape index (κ3) is 9.37. The van der Waals surface area contributed by atoms with Gasteiger partial charge in [0.1, 0.15) is 13.2 Å². The van der Waals surface area contributed by atoms with Gasteiger partial charge in [0.05, 0.1) is 6.54 Å². The van der Waals surface area contributed by atoms with Crippen LogP contribution in [0.15, 0.2) is 12.2 Å². The summed E-state index contributed by atoms with van der Waals surface area (Å²) >= 11 is 0. The second-order valence-corrected chi connectivity index (χ2v) is 3.78. The molecule has 0 rings (SSSR count). The Kier molecular flexibility index (Phi) is 7.79. The highest BCUT2D eigenvalue weighted by atomic mass is 16.6. The standard InChI is InChI=1S/C11H20N2O4/c1-9(2)10(14)16-7-5-12-11(15)17-8-6-13(3)4/h1,5-8H2,2-4H3,(H,12,15). The van der Waals surface area contributed by atoms with Crippen molar-refractivity contribution in [3.8, 4) is 0 Å². The lowest BCUT2D eigenvalue weighted by atomic mass is 10.4. The van der Waals surface area contributed by atoms with Crippen LogP contribution in [0.3, 0.4) is 0 Å². The van der Waals surface area contributed by atoms with E-state index in [1.165, 1.54) is 0 Å². The minimum atomic E-state index is -0.516. The second-order valence-electron chi connectivity index (χ2n) is 3.78. The molecule has 0 unspecified atom stereocenters. The summed E-state index contributed by atoms with van der Waals surface area (Å²) < 4.78 is 9.64. The molecule has 0 saturated carbocycles. The van der Waals surface area contributed by atoms with Crippen molar-refractivity contribution in [2.75, 3.05) is 40.4 Å². The quantitative estimate of drug-likeness (QED) is 0.399. The number of amides is 1. The summed E-state index contributed by atoms with van der Waals surface area (Å²) in [6.07, 6.45) is -0.516. The maximum absolute atomic E-state index is 11.1. The van der Waals surface area contributed by atoms with Crippen molar-refractivity contribution in [3.05, 3.63) is 12.2 Å². The number of esters is 1. The normalized spacial score (nSPS) is 9.88. The van der Waals surface area contributed by atoms with Crippen LogP contribution in [0.2, 0.25) is 0 Å². The van der Waals surface area contributed by atoms with Crippen LogP contribution in [-0.2, 0) is 14.3 Å². The zero-order valence-corrected chi connectivity index (χ0v) is 10.6. The fourth-order valence-corrected chi connectivity index (χ4v) is 0.792. The molecule has 0 aliphatic heterocycles. The highest BCUT2D eigenvalue weighted by Crippen LogP contribution is 1.90. The van der Waals surface area contributed by atoms with Gasteiger partial charge in [-0.1, -0.05) is 6.58 Å². The predicted octanol–water partition coefficient (Wildman–Crippen LogP) is 0.393. The van der Waals surface area contributed by atoms with Gasteiger partial charge in [-0.05, 0) is 21.0 Å². The number of alkyl carbamates (subject to hydrolysis) is 1. The molecule has 0 heterocycles. The maximum atomic E-state index is 11.1. The largest absolute Gasteiger partial charge is 0.460 e. The van der Waals surface area contributed by atoms with Gasteiger partial charge in [0, 0.05) is 12.1 Å². The summed E-state index contributed by atoms with van der Waals surface area (Å²) in [6, 6.07) is 0. The molecule has 0 atom stereocenters. The Labute approximate surface area is 102 Å². The number of nitrogens with one attached hydrogen (secondary N) is 1. The number of carbonyl (C=O) groups is 2. The number of hydrogen-bond donors (Lipinski definition) is 1. The molecule has 0 aromatic rings. The summed E-state index contributed by atoms with van der Waals surface area (Å²) in [5, 5.41) is 2.46. The molecule has 0 saturated heterocycles. The number of ether oxygens (including phenoxy) is 2. The zero-order valence-electron chi connectivity index (χ0n) is 10.6. The van der Waals surface area contributed by atoms with E-state index in [9.17, 15) is 9.59 Å². The van der Waals surface area contributed by atoms with Crippen molar-refractivity contribution in [2.24, 2.45) is 0 Å². The van der Waals surface area contributed by atoms with Crippen molar-refractivity contribution in [3.63, 3.8) is 0 Å². The maximum Gasteiger partial charge on any atom is 0.407 e. The van der Waals surface area contributed by atoms with Crippen LogP contribution in [0.4, 0.5) is 4.79 Å². The first-order chi connectivity index (χ1) is 7.93. The van der Waals surface area contributed by atoms with Crippen LogP contribution in [0.25, 0.3) is 0 Å². The summed E-state index contributed by atoms with van der Waals surface area (Å²) in [4.78, 5) is 24.0. The van der Waals surface area contributed by atoms with Crippen molar-refractivity contribution in [2.45, 2.75) is 6.92 Å². The third-order valence-electron chi connectivity index (χ3n) is 1.72. The lowest BCUT2D eigenvalue weighted by molar-refractivity contribution is -0.138. The lowest BCUT2D eigenvalue weighted by Crippen LogP contribution is -2.30. The van der Waals surface area contributed by atoms with E-state index in [2.05, 4.69) is 11.9 Å². The van der Waals surface area contributed by atoms with E-state index in [1.807, 2.05) is 19.0 Å².